The van der Waals surface area contributed by atoms with Gasteiger partial charge in [-0.25, -0.2) is 4.79 Å². The smallest absolute Gasteiger partial charge is 0.337 e. The summed E-state index contributed by atoms with van der Waals surface area (Å²) in [5.41, 5.74) is 1.07. The van der Waals surface area contributed by atoms with Gasteiger partial charge in [-0.2, -0.15) is 0 Å². The number of ether oxygens (including phenoxy) is 1. The van der Waals surface area contributed by atoms with Crippen LogP contribution in [0, 0.1) is 0 Å². The molecule has 14 heavy (non-hydrogen) atoms. The van der Waals surface area contributed by atoms with Crippen molar-refractivity contribution in [3.63, 3.8) is 0 Å². The van der Waals surface area contributed by atoms with Crippen LogP contribution in [-0.2, 0) is 4.79 Å². The summed E-state index contributed by atoms with van der Waals surface area (Å²) in [5.74, 6) is -0.252. The summed E-state index contributed by atoms with van der Waals surface area (Å²) in [4.78, 5) is 10.9. The minimum absolute atomic E-state index is 0.319. The normalized spacial score (nSPS) is 10.5. The van der Waals surface area contributed by atoms with E-state index in [9.17, 15) is 4.79 Å². The first kappa shape index (κ1) is 11.4. The van der Waals surface area contributed by atoms with Gasteiger partial charge in [0.1, 0.15) is 5.75 Å². The molecular formula is C9H5Cl3O2. The van der Waals surface area contributed by atoms with E-state index in [-0.39, 0.29) is 0 Å². The lowest BCUT2D eigenvalue weighted by atomic mass is 10.3. The van der Waals surface area contributed by atoms with Crippen LogP contribution in [0.4, 0.5) is 0 Å². The van der Waals surface area contributed by atoms with E-state index in [1.165, 1.54) is 18.2 Å². The van der Waals surface area contributed by atoms with Crippen molar-refractivity contribution in [3.8, 4) is 5.75 Å². The summed E-state index contributed by atoms with van der Waals surface area (Å²) < 4.78 is 4.84. The second-order valence-corrected chi connectivity index (χ2v) is 3.36. The minimum atomic E-state index is -0.571. The van der Waals surface area contributed by atoms with Gasteiger partial charge >= 0.3 is 5.97 Å². The lowest BCUT2D eigenvalue weighted by Gasteiger charge is -2.01. The van der Waals surface area contributed by atoms with Crippen LogP contribution in [0.15, 0.2) is 29.8 Å². The van der Waals surface area contributed by atoms with Gasteiger partial charge in [0.15, 0.2) is 0 Å². The Morgan fingerprint density at radius 2 is 2.00 bits per heavy atom. The fourth-order valence-electron chi connectivity index (χ4n) is 0.742. The van der Waals surface area contributed by atoms with Gasteiger partial charge in [0, 0.05) is 17.7 Å². The first-order valence-electron chi connectivity index (χ1n) is 3.57. The van der Waals surface area contributed by atoms with Gasteiger partial charge < -0.3 is 4.74 Å². The van der Waals surface area contributed by atoms with E-state index in [4.69, 9.17) is 39.5 Å². The van der Waals surface area contributed by atoms with Crippen molar-refractivity contribution >= 4 is 40.8 Å². The minimum Gasteiger partial charge on any atom is -0.423 e. The summed E-state index contributed by atoms with van der Waals surface area (Å²) in [6, 6.07) is 4.52. The molecule has 0 aliphatic carbocycles. The van der Waals surface area contributed by atoms with Crippen LogP contribution in [0.1, 0.15) is 0 Å². The predicted octanol–water partition coefficient (Wildman–Crippen LogP) is 3.65. The molecule has 0 radical (unpaired) electrons. The van der Waals surface area contributed by atoms with Crippen LogP contribution < -0.4 is 4.74 Å². The molecule has 1 rings (SSSR count). The van der Waals surface area contributed by atoms with Gasteiger partial charge in [0.25, 0.3) is 0 Å². The van der Waals surface area contributed by atoms with Crippen molar-refractivity contribution in [1.82, 2.24) is 0 Å². The average Bonchev–Trinajstić information content (AvgIpc) is 2.12. The maximum atomic E-state index is 10.9. The van der Waals surface area contributed by atoms with Crippen molar-refractivity contribution < 1.29 is 9.53 Å². The molecule has 0 aliphatic rings. The quantitative estimate of drug-likeness (QED) is 0.455. The molecular weight excluding hydrogens is 246 g/mol. The number of hydrogen-bond acceptors (Lipinski definition) is 2. The highest BCUT2D eigenvalue weighted by Crippen LogP contribution is 2.26. The van der Waals surface area contributed by atoms with Crippen molar-refractivity contribution in [1.29, 1.82) is 0 Å². The second-order valence-electron chi connectivity index (χ2n) is 2.29. The standard InChI is InChI=1S/C9H5Cl3O2/c10-4-3-9(13)14-6-1-2-7(11)8(12)5-6/h1-5H/b4-3-. The van der Waals surface area contributed by atoms with E-state index in [1.54, 1.807) is 0 Å². The van der Waals surface area contributed by atoms with E-state index in [2.05, 4.69) is 0 Å². The molecule has 0 unspecified atom stereocenters. The third-order valence-corrected chi connectivity index (χ3v) is 2.17. The molecule has 1 aromatic carbocycles. The Morgan fingerprint density at radius 3 is 2.57 bits per heavy atom. The van der Waals surface area contributed by atoms with Crippen LogP contribution >= 0.6 is 34.8 Å². The van der Waals surface area contributed by atoms with Crippen LogP contribution in [0.25, 0.3) is 0 Å². The van der Waals surface area contributed by atoms with Gasteiger partial charge in [-0.3, -0.25) is 0 Å². The summed E-state index contributed by atoms with van der Waals surface area (Å²) in [6.45, 7) is 0. The van der Waals surface area contributed by atoms with Crippen molar-refractivity contribution in [2.45, 2.75) is 0 Å². The Labute approximate surface area is 96.0 Å². The van der Waals surface area contributed by atoms with E-state index >= 15 is 0 Å². The summed E-state index contributed by atoms with van der Waals surface area (Å²) in [7, 11) is 0. The Kier molecular flexibility index (Phi) is 4.26. The van der Waals surface area contributed by atoms with E-state index in [1.807, 2.05) is 0 Å². The molecule has 1 aromatic rings. The molecule has 0 aromatic heterocycles. The number of carbonyl (C=O) groups is 1. The molecule has 5 heteroatoms. The molecule has 0 fully saturated rings. The van der Waals surface area contributed by atoms with Crippen LogP contribution in [0.3, 0.4) is 0 Å². The van der Waals surface area contributed by atoms with Crippen molar-refractivity contribution in [3.05, 3.63) is 39.9 Å². The third kappa shape index (κ3) is 3.22. The predicted molar refractivity (Wildman–Crippen MR) is 57.1 cm³/mol. The van der Waals surface area contributed by atoms with E-state index < -0.39 is 5.97 Å². The van der Waals surface area contributed by atoms with Gasteiger partial charge in [-0.1, -0.05) is 34.8 Å². The van der Waals surface area contributed by atoms with Gasteiger partial charge in [-0.15, -0.1) is 0 Å². The van der Waals surface area contributed by atoms with Gasteiger partial charge in [0.05, 0.1) is 10.0 Å². The first-order valence-corrected chi connectivity index (χ1v) is 4.76. The lowest BCUT2D eigenvalue weighted by Crippen LogP contribution is -2.03. The molecule has 0 spiro atoms. The lowest BCUT2D eigenvalue weighted by molar-refractivity contribution is -0.128. The zero-order chi connectivity index (χ0) is 10.6. The Morgan fingerprint density at radius 1 is 1.29 bits per heavy atom. The molecule has 2 nitrogen and oxygen atoms in total. The first-order chi connectivity index (χ1) is 6.63. The SMILES string of the molecule is O=C(/C=C\Cl)Oc1ccc(Cl)c(Cl)c1. The van der Waals surface area contributed by atoms with Crippen LogP contribution in [0.5, 0.6) is 5.75 Å². The highest BCUT2D eigenvalue weighted by atomic mass is 35.5. The number of rotatable bonds is 2. The van der Waals surface area contributed by atoms with Gasteiger partial charge in [0.2, 0.25) is 0 Å². The molecule has 74 valence electrons. The topological polar surface area (TPSA) is 26.3 Å². The molecule has 0 atom stereocenters. The van der Waals surface area contributed by atoms with Crippen LogP contribution in [0.2, 0.25) is 10.0 Å². The second kappa shape index (κ2) is 5.25. The Bertz CT molecular complexity index is 374. The number of benzene rings is 1. The largest absolute Gasteiger partial charge is 0.423 e. The van der Waals surface area contributed by atoms with E-state index in [0.29, 0.717) is 15.8 Å². The Hall–Kier alpha value is -0.700. The van der Waals surface area contributed by atoms with E-state index in [0.717, 1.165) is 11.6 Å². The summed E-state index contributed by atoms with van der Waals surface area (Å²) in [5, 5.41) is 0.728. The summed E-state index contributed by atoms with van der Waals surface area (Å²) >= 11 is 16.6. The maximum Gasteiger partial charge on any atom is 0.337 e. The number of carbonyl (C=O) groups excluding carboxylic acids is 1. The van der Waals surface area contributed by atoms with Crippen molar-refractivity contribution in [2.24, 2.45) is 0 Å². The zero-order valence-corrected chi connectivity index (χ0v) is 9.10. The fraction of sp³-hybridized carbons (Fsp3) is 0. The zero-order valence-electron chi connectivity index (χ0n) is 6.84. The fourth-order valence-corrected chi connectivity index (χ4v) is 1.13. The average molecular weight is 251 g/mol. The maximum absolute atomic E-state index is 10.9. The molecule has 0 N–H and O–H groups in total. The summed E-state index contributed by atoms with van der Waals surface area (Å²) in [6.07, 6.45) is 1.09. The van der Waals surface area contributed by atoms with Crippen molar-refractivity contribution in [2.75, 3.05) is 0 Å². The highest BCUT2D eigenvalue weighted by Gasteiger charge is 2.03. The molecule has 0 aliphatic heterocycles. The Balaban J connectivity index is 2.78. The van der Waals surface area contributed by atoms with Crippen LogP contribution in [-0.4, -0.2) is 5.97 Å². The molecule has 0 bridgehead atoms. The molecule has 0 heterocycles. The monoisotopic (exact) mass is 250 g/mol. The highest BCUT2D eigenvalue weighted by molar-refractivity contribution is 6.42. The number of esters is 1. The number of halogens is 3. The van der Waals surface area contributed by atoms with Gasteiger partial charge in [-0.05, 0) is 12.1 Å². The molecule has 0 saturated carbocycles. The molecule has 0 amide bonds. The number of hydrogen-bond donors (Lipinski definition) is 0. The third-order valence-electron chi connectivity index (χ3n) is 1.31. The molecule has 0 saturated heterocycles.